The topological polar surface area (TPSA) is 76.7 Å². The molecule has 3 aromatic rings. The van der Waals surface area contributed by atoms with E-state index < -0.39 is 28.9 Å². The predicted molar refractivity (Wildman–Crippen MR) is 107 cm³/mol. The first-order chi connectivity index (χ1) is 14.4. The van der Waals surface area contributed by atoms with Gasteiger partial charge in [-0.3, -0.25) is 9.59 Å². The number of ether oxygens (including phenoxy) is 1. The molecular formula is C22H18F2O5S. The maximum absolute atomic E-state index is 13.3. The zero-order valence-electron chi connectivity index (χ0n) is 15.9. The fourth-order valence-electron chi connectivity index (χ4n) is 2.85. The molecule has 0 aliphatic heterocycles. The minimum atomic E-state index is -0.846. The summed E-state index contributed by atoms with van der Waals surface area (Å²) in [7, 11) is 1.22. The Labute approximate surface area is 175 Å². The highest BCUT2D eigenvalue weighted by Gasteiger charge is 2.26. The molecule has 8 heteroatoms. The van der Waals surface area contributed by atoms with Crippen LogP contribution in [0.4, 0.5) is 8.78 Å². The fourth-order valence-corrected chi connectivity index (χ4v) is 3.63. The molecular weight excluding hydrogens is 414 g/mol. The third-order valence-corrected chi connectivity index (χ3v) is 5.42. The number of hydrogen-bond donors (Lipinski definition) is 1. The van der Waals surface area contributed by atoms with E-state index >= 15 is 0 Å². The van der Waals surface area contributed by atoms with E-state index in [1.807, 2.05) is 0 Å². The van der Waals surface area contributed by atoms with Gasteiger partial charge in [0.1, 0.15) is 17.4 Å². The molecule has 0 spiro atoms. The quantitative estimate of drug-likeness (QED) is 0.434. The van der Waals surface area contributed by atoms with Gasteiger partial charge in [-0.15, -0.1) is 11.8 Å². The van der Waals surface area contributed by atoms with Crippen LogP contribution in [0.2, 0.25) is 0 Å². The smallest absolute Gasteiger partial charge is 0.306 e. The largest absolute Gasteiger partial charge is 0.502 e. The second kappa shape index (κ2) is 9.58. The lowest BCUT2D eigenvalue weighted by Crippen LogP contribution is -2.14. The van der Waals surface area contributed by atoms with Gasteiger partial charge in [0.15, 0.2) is 5.76 Å². The van der Waals surface area contributed by atoms with Crippen LogP contribution in [0.3, 0.4) is 0 Å². The highest BCUT2D eigenvalue weighted by Crippen LogP contribution is 2.34. The Balaban J connectivity index is 1.95. The van der Waals surface area contributed by atoms with Crippen molar-refractivity contribution in [1.29, 1.82) is 0 Å². The highest BCUT2D eigenvalue weighted by molar-refractivity contribution is 7.98. The number of esters is 1. The first-order valence-corrected chi connectivity index (χ1v) is 9.92. The zero-order valence-corrected chi connectivity index (χ0v) is 16.7. The van der Waals surface area contributed by atoms with Gasteiger partial charge in [-0.25, -0.2) is 8.78 Å². The highest BCUT2D eigenvalue weighted by atomic mass is 32.2. The number of rotatable bonds is 7. The Morgan fingerprint density at radius 2 is 1.70 bits per heavy atom. The molecule has 3 rings (SSSR count). The predicted octanol–water partition coefficient (Wildman–Crippen LogP) is 4.61. The molecule has 0 aliphatic carbocycles. The molecule has 0 fully saturated rings. The van der Waals surface area contributed by atoms with Gasteiger partial charge in [0, 0.05) is 11.0 Å². The normalized spacial score (nSPS) is 11.8. The Kier molecular flexibility index (Phi) is 6.89. The average molecular weight is 432 g/mol. The summed E-state index contributed by atoms with van der Waals surface area (Å²) >= 11 is 1.31. The SMILES string of the molecule is COC(=O)C[C@@H](c1ccc(F)cc1)c1oc(CSc2ccc(F)cc2)cc(=O)c1O. The van der Waals surface area contributed by atoms with Gasteiger partial charge in [-0.05, 0) is 42.0 Å². The molecule has 0 amide bonds. The molecule has 1 N–H and O–H groups in total. The standard InChI is InChI=1S/C22H18F2O5S/c1-28-20(26)11-18(13-2-4-14(23)5-3-13)22-21(27)19(25)10-16(29-22)12-30-17-8-6-15(24)7-9-17/h2-10,18,27H,11-12H2,1H3/t18-/m0/s1. The number of methoxy groups -OCH3 is 1. The van der Waals surface area contributed by atoms with Crippen molar-refractivity contribution < 1.29 is 27.8 Å². The summed E-state index contributed by atoms with van der Waals surface area (Å²) in [5.74, 6) is -2.48. The van der Waals surface area contributed by atoms with Crippen LogP contribution in [0, 0.1) is 11.6 Å². The van der Waals surface area contributed by atoms with Crippen LogP contribution in [-0.4, -0.2) is 18.2 Å². The van der Waals surface area contributed by atoms with Crippen LogP contribution in [0.1, 0.15) is 29.4 Å². The van der Waals surface area contributed by atoms with Crippen LogP contribution >= 0.6 is 11.8 Å². The van der Waals surface area contributed by atoms with E-state index in [4.69, 9.17) is 9.15 Å². The number of carbonyl (C=O) groups is 1. The molecule has 1 heterocycles. The van der Waals surface area contributed by atoms with Crippen LogP contribution in [0.15, 0.2) is 68.7 Å². The van der Waals surface area contributed by atoms with Gasteiger partial charge in [0.25, 0.3) is 0 Å². The van der Waals surface area contributed by atoms with Crippen molar-refractivity contribution in [2.45, 2.75) is 23.0 Å². The van der Waals surface area contributed by atoms with Crippen molar-refractivity contribution in [3.05, 3.63) is 93.5 Å². The van der Waals surface area contributed by atoms with E-state index in [0.29, 0.717) is 5.56 Å². The molecule has 156 valence electrons. The molecule has 5 nitrogen and oxygen atoms in total. The number of thioether (sulfide) groups is 1. The van der Waals surface area contributed by atoms with E-state index in [1.165, 1.54) is 55.3 Å². The van der Waals surface area contributed by atoms with Gasteiger partial charge in [-0.2, -0.15) is 0 Å². The second-order valence-corrected chi connectivity index (χ2v) is 7.47. The van der Waals surface area contributed by atoms with E-state index in [-0.39, 0.29) is 29.5 Å². The number of carbonyl (C=O) groups excluding carboxylic acids is 1. The zero-order chi connectivity index (χ0) is 21.7. The Morgan fingerprint density at radius 3 is 2.30 bits per heavy atom. The van der Waals surface area contributed by atoms with E-state index in [0.717, 1.165) is 11.0 Å². The van der Waals surface area contributed by atoms with Crippen molar-refractivity contribution in [2.75, 3.05) is 7.11 Å². The molecule has 0 unspecified atom stereocenters. The molecule has 0 aliphatic rings. The summed E-state index contributed by atoms with van der Waals surface area (Å²) in [6.45, 7) is 0. The first-order valence-electron chi connectivity index (χ1n) is 8.94. The lowest BCUT2D eigenvalue weighted by Gasteiger charge is -2.17. The van der Waals surface area contributed by atoms with Gasteiger partial charge in [0.2, 0.25) is 11.2 Å². The molecule has 0 saturated heterocycles. The van der Waals surface area contributed by atoms with Crippen molar-refractivity contribution in [2.24, 2.45) is 0 Å². The van der Waals surface area contributed by atoms with Gasteiger partial charge in [-0.1, -0.05) is 12.1 Å². The minimum absolute atomic E-state index is 0.103. The first kappa shape index (κ1) is 21.6. The van der Waals surface area contributed by atoms with Gasteiger partial charge >= 0.3 is 5.97 Å². The summed E-state index contributed by atoms with van der Waals surface area (Å²) in [5, 5.41) is 10.3. The fraction of sp³-hybridized carbons (Fsp3) is 0.182. The third-order valence-electron chi connectivity index (χ3n) is 4.38. The lowest BCUT2D eigenvalue weighted by molar-refractivity contribution is -0.140. The van der Waals surface area contributed by atoms with Crippen molar-refractivity contribution in [1.82, 2.24) is 0 Å². The van der Waals surface area contributed by atoms with Crippen LogP contribution in [0.25, 0.3) is 0 Å². The Hall–Kier alpha value is -3.13. The molecule has 30 heavy (non-hydrogen) atoms. The van der Waals surface area contributed by atoms with Crippen molar-refractivity contribution in [3.8, 4) is 5.75 Å². The van der Waals surface area contributed by atoms with Crippen LogP contribution < -0.4 is 5.43 Å². The van der Waals surface area contributed by atoms with Crippen molar-refractivity contribution >= 4 is 17.7 Å². The van der Waals surface area contributed by atoms with Gasteiger partial charge < -0.3 is 14.3 Å². The van der Waals surface area contributed by atoms with Crippen LogP contribution in [-0.2, 0) is 15.3 Å². The number of benzene rings is 2. The van der Waals surface area contributed by atoms with Gasteiger partial charge in [0.05, 0.1) is 25.2 Å². The number of aromatic hydroxyl groups is 1. The molecule has 0 saturated carbocycles. The maximum Gasteiger partial charge on any atom is 0.306 e. The third kappa shape index (κ3) is 5.27. The number of hydrogen-bond acceptors (Lipinski definition) is 6. The molecule has 2 aromatic carbocycles. The summed E-state index contributed by atoms with van der Waals surface area (Å²) in [6.07, 6.45) is -0.215. The van der Waals surface area contributed by atoms with E-state index in [1.54, 1.807) is 12.1 Å². The Bertz CT molecular complexity index is 1080. The van der Waals surface area contributed by atoms with E-state index in [9.17, 15) is 23.5 Å². The molecule has 1 aromatic heterocycles. The monoisotopic (exact) mass is 432 g/mol. The minimum Gasteiger partial charge on any atom is -0.502 e. The average Bonchev–Trinajstić information content (AvgIpc) is 2.74. The lowest BCUT2D eigenvalue weighted by atomic mass is 9.92. The molecule has 1 atom stereocenters. The summed E-state index contributed by atoms with van der Waals surface area (Å²) in [4.78, 5) is 25.0. The maximum atomic E-state index is 13.3. The summed E-state index contributed by atoms with van der Waals surface area (Å²) < 4.78 is 36.9. The van der Waals surface area contributed by atoms with E-state index in [2.05, 4.69) is 0 Å². The summed E-state index contributed by atoms with van der Waals surface area (Å²) in [6, 6.07) is 12.3. The van der Waals surface area contributed by atoms with Crippen molar-refractivity contribution in [3.63, 3.8) is 0 Å². The second-order valence-electron chi connectivity index (χ2n) is 6.42. The summed E-state index contributed by atoms with van der Waals surface area (Å²) in [5.41, 5.74) is -0.188. The molecule has 0 bridgehead atoms. The number of halogens is 2. The van der Waals surface area contributed by atoms with Crippen LogP contribution in [0.5, 0.6) is 5.75 Å². The Morgan fingerprint density at radius 1 is 1.10 bits per heavy atom. The molecule has 0 radical (unpaired) electrons.